The van der Waals surface area contributed by atoms with E-state index in [1.807, 2.05) is 0 Å². The molecule has 0 fully saturated rings. The van der Waals surface area contributed by atoms with E-state index >= 15 is 0 Å². The topological polar surface area (TPSA) is 106 Å². The van der Waals surface area contributed by atoms with Gasteiger partial charge in [0.1, 0.15) is 11.1 Å². The smallest absolute Gasteiger partial charge is 0.190 e. The maximum Gasteiger partial charge on any atom is 0.190 e. The Morgan fingerprint density at radius 3 is 2.59 bits per heavy atom. The van der Waals surface area contributed by atoms with Crippen LogP contribution in [0.1, 0.15) is 0 Å². The summed E-state index contributed by atoms with van der Waals surface area (Å²) < 4.78 is 10.2. The van der Waals surface area contributed by atoms with Gasteiger partial charge in [-0.2, -0.15) is 0 Å². The minimum absolute atomic E-state index is 0.0111. The molecule has 0 amide bonds. The van der Waals surface area contributed by atoms with Crippen LogP contribution in [-0.4, -0.2) is 29.4 Å². The summed E-state index contributed by atoms with van der Waals surface area (Å²) in [5.41, 5.74) is 7.00. The number of nitrogens with zero attached hydrogens (tertiary/aromatic N) is 2. The zero-order valence-corrected chi connectivity index (χ0v) is 9.39. The van der Waals surface area contributed by atoms with Gasteiger partial charge in [0.05, 0.1) is 26.1 Å². The Hall–Kier alpha value is -2.44. The fourth-order valence-electron chi connectivity index (χ4n) is 1.67. The van der Waals surface area contributed by atoms with Gasteiger partial charge in [0.25, 0.3) is 0 Å². The third kappa shape index (κ3) is 1.52. The van der Waals surface area contributed by atoms with Crippen LogP contribution in [0.4, 0.5) is 5.69 Å². The first-order valence-electron chi connectivity index (χ1n) is 4.77. The van der Waals surface area contributed by atoms with Gasteiger partial charge in [-0.25, -0.2) is 0 Å². The normalized spacial score (nSPS) is 10.5. The first-order chi connectivity index (χ1) is 8.10. The second kappa shape index (κ2) is 3.85. The third-order valence-electron chi connectivity index (χ3n) is 2.45. The molecule has 7 heteroatoms. The van der Waals surface area contributed by atoms with E-state index in [4.69, 9.17) is 20.6 Å². The largest absolute Gasteiger partial charge is 0.491 e. The van der Waals surface area contributed by atoms with Crippen molar-refractivity contribution < 1.29 is 14.7 Å². The van der Waals surface area contributed by atoms with E-state index in [2.05, 4.69) is 5.10 Å². The summed E-state index contributed by atoms with van der Waals surface area (Å²) in [5.74, 6) is 0.485. The van der Waals surface area contributed by atoms with Crippen molar-refractivity contribution in [3.8, 4) is 22.8 Å². The molecule has 90 valence electrons. The molecule has 0 radical (unpaired) electrons. The average Bonchev–Trinajstić information content (AvgIpc) is 2.33. The first-order valence-corrected chi connectivity index (χ1v) is 4.77. The number of nitrogen functional groups attached to an aromatic ring is 1. The van der Waals surface area contributed by atoms with Crippen molar-refractivity contribution in [1.29, 1.82) is 5.41 Å². The van der Waals surface area contributed by atoms with Crippen molar-refractivity contribution in [1.82, 2.24) is 9.94 Å². The van der Waals surface area contributed by atoms with Crippen LogP contribution in [0.2, 0.25) is 0 Å². The highest BCUT2D eigenvalue weighted by Gasteiger charge is 2.21. The fraction of sp³-hybridized carbons (Fsp3) is 0.200. The maximum atomic E-state index is 9.25. The van der Waals surface area contributed by atoms with Gasteiger partial charge in [-0.3, -0.25) is 5.41 Å². The van der Waals surface area contributed by atoms with Crippen molar-refractivity contribution in [3.63, 3.8) is 0 Å². The highest BCUT2D eigenvalue weighted by Crippen LogP contribution is 2.37. The molecule has 0 saturated heterocycles. The summed E-state index contributed by atoms with van der Waals surface area (Å²) in [6, 6.07) is 1.55. The van der Waals surface area contributed by atoms with Gasteiger partial charge in [-0.1, -0.05) is 0 Å². The molecule has 1 aliphatic carbocycles. The SMILES string of the molecule is COc1c(N)c2ccn(O)nc-2c(=N)c1OC. The van der Waals surface area contributed by atoms with Crippen LogP contribution < -0.4 is 20.6 Å². The van der Waals surface area contributed by atoms with E-state index in [0.29, 0.717) is 21.8 Å². The summed E-state index contributed by atoms with van der Waals surface area (Å²) in [4.78, 5) is 0.617. The number of fused-ring (bicyclic) bond motifs is 1. The number of nitrogens with one attached hydrogen (secondary N) is 1. The zero-order chi connectivity index (χ0) is 12.6. The molecule has 0 saturated carbocycles. The monoisotopic (exact) mass is 236 g/mol. The molecule has 1 heterocycles. The lowest BCUT2D eigenvalue weighted by Crippen LogP contribution is -2.17. The van der Waals surface area contributed by atoms with Gasteiger partial charge in [-0.15, -0.1) is 9.94 Å². The van der Waals surface area contributed by atoms with Gasteiger partial charge in [0, 0.05) is 5.56 Å². The average molecular weight is 236 g/mol. The highest BCUT2D eigenvalue weighted by molar-refractivity contribution is 5.82. The Labute approximate surface area is 96.8 Å². The molecule has 2 rings (SSSR count). The molecule has 0 aromatic carbocycles. The number of hydrogen-bond donors (Lipinski definition) is 3. The molecule has 4 N–H and O–H groups in total. The van der Waals surface area contributed by atoms with Crippen LogP contribution in [0.3, 0.4) is 0 Å². The van der Waals surface area contributed by atoms with E-state index < -0.39 is 0 Å². The number of anilines is 1. The minimum atomic E-state index is 0.0111. The number of hydrogen-bond acceptors (Lipinski definition) is 6. The number of ether oxygens (including phenoxy) is 2. The standard InChI is InChI=1S/C10H12N4O3/c1-16-9-6(11)5-3-4-14(15)13-8(5)7(12)10(9)17-2/h3-4,12,15H,11H2,1-2H3. The van der Waals surface area contributed by atoms with Gasteiger partial charge >= 0.3 is 0 Å². The number of aromatic nitrogens is 2. The summed E-state index contributed by atoms with van der Waals surface area (Å²) in [5, 5.41) is 21.0. The number of nitrogens with two attached hydrogens (primary N) is 1. The van der Waals surface area contributed by atoms with E-state index in [0.717, 1.165) is 0 Å². The van der Waals surface area contributed by atoms with Crippen molar-refractivity contribution in [2.75, 3.05) is 20.0 Å². The minimum Gasteiger partial charge on any atom is -0.491 e. The van der Waals surface area contributed by atoms with E-state index in [1.54, 1.807) is 6.07 Å². The van der Waals surface area contributed by atoms with Crippen molar-refractivity contribution >= 4 is 5.69 Å². The molecular formula is C10H12N4O3. The van der Waals surface area contributed by atoms with Gasteiger partial charge in [0.2, 0.25) is 0 Å². The van der Waals surface area contributed by atoms with E-state index in [1.165, 1.54) is 20.4 Å². The van der Waals surface area contributed by atoms with Gasteiger partial charge in [-0.05, 0) is 6.07 Å². The maximum absolute atomic E-state index is 9.25. The summed E-state index contributed by atoms with van der Waals surface area (Å²) in [6.45, 7) is 0. The molecule has 0 atom stereocenters. The predicted molar refractivity (Wildman–Crippen MR) is 59.4 cm³/mol. The number of rotatable bonds is 2. The third-order valence-corrected chi connectivity index (χ3v) is 2.45. The van der Waals surface area contributed by atoms with Crippen molar-refractivity contribution in [2.24, 2.45) is 0 Å². The predicted octanol–water partition coefficient (Wildman–Crippen LogP) is 0.304. The fourth-order valence-corrected chi connectivity index (χ4v) is 1.67. The van der Waals surface area contributed by atoms with Crippen LogP contribution in [-0.2, 0) is 0 Å². The molecule has 0 spiro atoms. The van der Waals surface area contributed by atoms with Crippen LogP contribution in [0.5, 0.6) is 11.5 Å². The molecule has 0 aromatic rings. The molecule has 0 bridgehead atoms. The zero-order valence-electron chi connectivity index (χ0n) is 9.39. The van der Waals surface area contributed by atoms with Gasteiger partial charge < -0.3 is 20.4 Å². The van der Waals surface area contributed by atoms with Crippen LogP contribution in [0.25, 0.3) is 11.3 Å². The lowest BCUT2D eigenvalue weighted by atomic mass is 10.1. The van der Waals surface area contributed by atoms with E-state index in [-0.39, 0.29) is 16.8 Å². The first kappa shape index (κ1) is 11.1. The lowest BCUT2D eigenvalue weighted by molar-refractivity contribution is 0.144. The Morgan fingerprint density at radius 1 is 1.35 bits per heavy atom. The molecule has 0 unspecified atom stereocenters. The molecule has 7 nitrogen and oxygen atoms in total. The molecular weight excluding hydrogens is 224 g/mol. The van der Waals surface area contributed by atoms with Crippen LogP contribution >= 0.6 is 0 Å². The second-order valence-corrected chi connectivity index (χ2v) is 3.35. The number of benzene rings is 1. The molecule has 2 aliphatic rings. The highest BCUT2D eigenvalue weighted by atomic mass is 16.5. The Bertz CT molecular complexity index is 593. The Morgan fingerprint density at radius 2 is 2.00 bits per heavy atom. The molecule has 17 heavy (non-hydrogen) atoms. The summed E-state index contributed by atoms with van der Waals surface area (Å²) in [6.07, 6.45) is 1.32. The van der Waals surface area contributed by atoms with Gasteiger partial charge in [0.15, 0.2) is 11.5 Å². The summed E-state index contributed by atoms with van der Waals surface area (Å²) >= 11 is 0. The van der Waals surface area contributed by atoms with Crippen LogP contribution in [0, 0.1) is 5.41 Å². The molecule has 0 aromatic heterocycles. The Kier molecular flexibility index (Phi) is 2.51. The molecule has 1 aliphatic heterocycles. The lowest BCUT2D eigenvalue weighted by Gasteiger charge is -2.16. The second-order valence-electron chi connectivity index (χ2n) is 3.35. The summed E-state index contributed by atoms with van der Waals surface area (Å²) in [7, 11) is 2.86. The van der Waals surface area contributed by atoms with E-state index in [9.17, 15) is 5.21 Å². The quantitative estimate of drug-likeness (QED) is 0.513. The van der Waals surface area contributed by atoms with Crippen molar-refractivity contribution in [3.05, 3.63) is 17.6 Å². The van der Waals surface area contributed by atoms with Crippen molar-refractivity contribution in [2.45, 2.75) is 0 Å². The number of methoxy groups -OCH3 is 2. The Balaban J connectivity index is 2.94. The van der Waals surface area contributed by atoms with Crippen LogP contribution in [0.15, 0.2) is 12.3 Å².